The van der Waals surface area contributed by atoms with Gasteiger partial charge in [-0.15, -0.1) is 11.3 Å². The second-order valence-corrected chi connectivity index (χ2v) is 5.28. The van der Waals surface area contributed by atoms with E-state index in [9.17, 15) is 4.39 Å². The van der Waals surface area contributed by atoms with Gasteiger partial charge in [0.15, 0.2) is 0 Å². The van der Waals surface area contributed by atoms with E-state index in [1.807, 2.05) is 18.2 Å². The average Bonchev–Trinajstić information content (AvgIpc) is 2.82. The van der Waals surface area contributed by atoms with Crippen molar-refractivity contribution in [3.63, 3.8) is 0 Å². The van der Waals surface area contributed by atoms with Gasteiger partial charge in [0.2, 0.25) is 0 Å². The third-order valence-corrected chi connectivity index (χ3v) is 4.04. The van der Waals surface area contributed by atoms with E-state index in [1.165, 1.54) is 23.5 Å². The highest BCUT2D eigenvalue weighted by atomic mass is 32.1. The van der Waals surface area contributed by atoms with Gasteiger partial charge in [0.1, 0.15) is 10.8 Å². The van der Waals surface area contributed by atoms with Gasteiger partial charge >= 0.3 is 0 Å². The van der Waals surface area contributed by atoms with Crippen LogP contribution >= 0.6 is 11.3 Å². The van der Waals surface area contributed by atoms with Gasteiger partial charge in [-0.3, -0.25) is 0 Å². The van der Waals surface area contributed by atoms with Gasteiger partial charge in [-0.25, -0.2) is 9.37 Å². The number of nitrogens with two attached hydrogens (primary N) is 2. The molecule has 0 saturated carbocycles. The Balaban J connectivity index is 2.13. The molecule has 1 heterocycles. The molecule has 3 rings (SSSR count). The second kappa shape index (κ2) is 4.60. The summed E-state index contributed by atoms with van der Waals surface area (Å²) in [6.07, 6.45) is 0. The molecule has 0 unspecified atom stereocenters. The number of aromatic nitrogens is 1. The van der Waals surface area contributed by atoms with E-state index in [0.717, 1.165) is 20.8 Å². The Morgan fingerprint density at radius 2 is 2.00 bits per heavy atom. The minimum Gasteiger partial charge on any atom is -0.398 e. The van der Waals surface area contributed by atoms with Gasteiger partial charge in [-0.05, 0) is 35.9 Å². The van der Waals surface area contributed by atoms with Crippen molar-refractivity contribution in [1.29, 1.82) is 0 Å². The monoisotopic (exact) mass is 273 g/mol. The summed E-state index contributed by atoms with van der Waals surface area (Å²) in [5.74, 6) is -0.274. The lowest BCUT2D eigenvalue weighted by atomic mass is 10.1. The molecule has 19 heavy (non-hydrogen) atoms. The van der Waals surface area contributed by atoms with Crippen LogP contribution in [0.3, 0.4) is 0 Å². The molecule has 96 valence electrons. The molecular weight excluding hydrogens is 261 g/mol. The molecular formula is C14H12FN3S. The van der Waals surface area contributed by atoms with Crippen molar-refractivity contribution >= 4 is 27.2 Å². The minimum absolute atomic E-state index is 0.274. The fourth-order valence-corrected chi connectivity index (χ4v) is 2.88. The predicted octanol–water partition coefficient (Wildman–Crippen LogP) is 3.14. The maximum Gasteiger partial charge on any atom is 0.125 e. The number of halogens is 1. The highest BCUT2D eigenvalue weighted by molar-refractivity contribution is 7.21. The number of nitrogens with zero attached hydrogens (tertiary/aromatic N) is 1. The molecule has 0 aliphatic carbocycles. The third-order valence-electron chi connectivity index (χ3n) is 2.96. The van der Waals surface area contributed by atoms with Gasteiger partial charge in [0.05, 0.1) is 10.2 Å². The van der Waals surface area contributed by atoms with E-state index in [4.69, 9.17) is 11.5 Å². The number of rotatable bonds is 2. The van der Waals surface area contributed by atoms with Crippen LogP contribution in [-0.2, 0) is 6.54 Å². The van der Waals surface area contributed by atoms with E-state index < -0.39 is 0 Å². The SMILES string of the molecule is NCc1cc(-c2nc3cc(F)ccc3s2)ccc1N. The van der Waals surface area contributed by atoms with E-state index in [0.29, 0.717) is 17.7 Å². The van der Waals surface area contributed by atoms with Crippen LogP contribution in [-0.4, -0.2) is 4.98 Å². The van der Waals surface area contributed by atoms with Crippen LogP contribution in [0, 0.1) is 5.82 Å². The van der Waals surface area contributed by atoms with Crippen LogP contribution in [0.15, 0.2) is 36.4 Å². The number of fused-ring (bicyclic) bond motifs is 1. The fraction of sp³-hybridized carbons (Fsp3) is 0.0714. The van der Waals surface area contributed by atoms with Crippen LogP contribution < -0.4 is 11.5 Å². The third kappa shape index (κ3) is 2.18. The van der Waals surface area contributed by atoms with Gasteiger partial charge < -0.3 is 11.5 Å². The molecule has 0 saturated heterocycles. The Morgan fingerprint density at radius 1 is 1.16 bits per heavy atom. The molecule has 0 radical (unpaired) electrons. The van der Waals surface area contributed by atoms with E-state index >= 15 is 0 Å². The molecule has 3 aromatic rings. The van der Waals surface area contributed by atoms with E-state index in [-0.39, 0.29) is 5.82 Å². The summed E-state index contributed by atoms with van der Waals surface area (Å²) >= 11 is 1.52. The average molecular weight is 273 g/mol. The maximum absolute atomic E-state index is 13.2. The Morgan fingerprint density at radius 3 is 2.79 bits per heavy atom. The lowest BCUT2D eigenvalue weighted by Crippen LogP contribution is -2.01. The van der Waals surface area contributed by atoms with Crippen LogP contribution in [0.1, 0.15) is 5.56 Å². The summed E-state index contributed by atoms with van der Waals surface area (Å²) in [5.41, 5.74) is 14.7. The molecule has 0 atom stereocenters. The normalized spacial score (nSPS) is 11.1. The van der Waals surface area contributed by atoms with Crippen molar-refractivity contribution < 1.29 is 4.39 Å². The van der Waals surface area contributed by atoms with Crippen LogP contribution in [0.5, 0.6) is 0 Å². The van der Waals surface area contributed by atoms with Crippen molar-refractivity contribution in [2.45, 2.75) is 6.54 Å². The van der Waals surface area contributed by atoms with Crippen molar-refractivity contribution in [2.24, 2.45) is 5.73 Å². The van der Waals surface area contributed by atoms with Gasteiger partial charge in [0, 0.05) is 23.9 Å². The Bertz CT molecular complexity index is 752. The minimum atomic E-state index is -0.274. The molecule has 2 aromatic carbocycles. The van der Waals surface area contributed by atoms with Crippen molar-refractivity contribution in [1.82, 2.24) is 4.98 Å². The molecule has 0 amide bonds. The Kier molecular flexibility index (Phi) is 2.93. The van der Waals surface area contributed by atoms with Crippen molar-refractivity contribution in [2.75, 3.05) is 5.73 Å². The largest absolute Gasteiger partial charge is 0.398 e. The second-order valence-electron chi connectivity index (χ2n) is 4.25. The van der Waals surface area contributed by atoms with Crippen LogP contribution in [0.4, 0.5) is 10.1 Å². The summed E-state index contributed by atoms with van der Waals surface area (Å²) in [4.78, 5) is 4.45. The summed E-state index contributed by atoms with van der Waals surface area (Å²) in [5, 5.41) is 0.843. The highest BCUT2D eigenvalue weighted by Crippen LogP contribution is 2.31. The molecule has 5 heteroatoms. The number of hydrogen-bond donors (Lipinski definition) is 2. The molecule has 4 N–H and O–H groups in total. The lowest BCUT2D eigenvalue weighted by Gasteiger charge is -2.04. The van der Waals surface area contributed by atoms with Gasteiger partial charge in [-0.2, -0.15) is 0 Å². The number of thiazole rings is 1. The highest BCUT2D eigenvalue weighted by Gasteiger charge is 2.08. The van der Waals surface area contributed by atoms with Crippen LogP contribution in [0.25, 0.3) is 20.8 Å². The van der Waals surface area contributed by atoms with Crippen LogP contribution in [0.2, 0.25) is 0 Å². The Hall–Kier alpha value is -1.98. The molecule has 3 nitrogen and oxygen atoms in total. The summed E-state index contributed by atoms with van der Waals surface area (Å²) in [7, 11) is 0. The van der Waals surface area contributed by atoms with Crippen molar-refractivity contribution in [3.8, 4) is 10.6 Å². The number of benzene rings is 2. The Labute approximate surface area is 113 Å². The zero-order valence-corrected chi connectivity index (χ0v) is 10.9. The van der Waals surface area contributed by atoms with Crippen molar-refractivity contribution in [3.05, 3.63) is 47.8 Å². The lowest BCUT2D eigenvalue weighted by molar-refractivity contribution is 0.629. The number of nitrogen functional groups attached to an aromatic ring is 1. The van der Waals surface area contributed by atoms with Gasteiger partial charge in [0.25, 0.3) is 0 Å². The quantitative estimate of drug-likeness (QED) is 0.705. The topological polar surface area (TPSA) is 64.9 Å². The molecule has 0 aliphatic heterocycles. The summed E-state index contributed by atoms with van der Waals surface area (Å²) in [6, 6.07) is 10.3. The molecule has 1 aromatic heterocycles. The first-order chi connectivity index (χ1) is 9.17. The number of hydrogen-bond acceptors (Lipinski definition) is 4. The standard InChI is InChI=1S/C14H12FN3S/c15-10-2-4-13-12(6-10)18-14(19-13)8-1-3-11(17)9(5-8)7-16/h1-6H,7,16-17H2. The maximum atomic E-state index is 13.2. The first-order valence-corrected chi connectivity index (χ1v) is 6.64. The molecule has 0 aliphatic rings. The fourth-order valence-electron chi connectivity index (χ4n) is 1.94. The first-order valence-electron chi connectivity index (χ1n) is 5.82. The van der Waals surface area contributed by atoms with Gasteiger partial charge in [-0.1, -0.05) is 0 Å². The smallest absolute Gasteiger partial charge is 0.125 e. The zero-order valence-electron chi connectivity index (χ0n) is 10.1. The van der Waals surface area contributed by atoms with E-state index in [2.05, 4.69) is 4.98 Å². The first kappa shape index (κ1) is 12.1. The molecule has 0 spiro atoms. The summed E-state index contributed by atoms with van der Waals surface area (Å²) < 4.78 is 14.1. The van der Waals surface area contributed by atoms with E-state index in [1.54, 1.807) is 6.07 Å². The molecule has 0 fully saturated rings. The predicted molar refractivity (Wildman–Crippen MR) is 77.3 cm³/mol. The summed E-state index contributed by atoms with van der Waals surface area (Å²) in [6.45, 7) is 0.388. The number of anilines is 1. The molecule has 0 bridgehead atoms. The zero-order chi connectivity index (χ0) is 13.4.